The number of allylic oxidation sites excluding steroid dienone is 4. The van der Waals surface area contributed by atoms with Crippen molar-refractivity contribution < 1.29 is 23.9 Å². The summed E-state index contributed by atoms with van der Waals surface area (Å²) in [6, 6.07) is 0. The third-order valence-electron chi connectivity index (χ3n) is 6.52. The molecular weight excluding hydrogens is 457 g/mol. The van der Waals surface area contributed by atoms with E-state index in [1.54, 1.807) is 0 Å². The first-order chi connectivity index (χ1) is 16.5. The summed E-state index contributed by atoms with van der Waals surface area (Å²) in [5.41, 5.74) is 0. The molecule has 0 fully saturated rings. The van der Waals surface area contributed by atoms with Crippen LogP contribution in [-0.4, -0.2) is 52.4 Å². The molecule has 0 aromatic heterocycles. The van der Waals surface area contributed by atoms with Gasteiger partial charge < -0.3 is 19.4 Å². The SMILES string of the molecule is CCCCCC/C=C\CCCCCCCCCC/C=C\CCCCC(O)(C[N+](C)(C)C)P(=O)(O)O. The average molecular weight is 517 g/mol. The molecule has 1 unspecified atom stereocenters. The lowest BCUT2D eigenvalue weighted by Gasteiger charge is -2.35. The fourth-order valence-corrected chi connectivity index (χ4v) is 5.55. The van der Waals surface area contributed by atoms with Crippen LogP contribution in [0.25, 0.3) is 0 Å². The van der Waals surface area contributed by atoms with E-state index in [-0.39, 0.29) is 13.0 Å². The highest BCUT2D eigenvalue weighted by atomic mass is 31.2. The molecule has 35 heavy (non-hydrogen) atoms. The summed E-state index contributed by atoms with van der Waals surface area (Å²) in [6.07, 6.45) is 31.4. The molecule has 0 saturated heterocycles. The van der Waals surface area contributed by atoms with E-state index >= 15 is 0 Å². The minimum atomic E-state index is -4.56. The van der Waals surface area contributed by atoms with Crippen molar-refractivity contribution in [2.75, 3.05) is 27.7 Å². The molecule has 208 valence electrons. The molecule has 6 heteroatoms. The monoisotopic (exact) mass is 516 g/mol. The number of quaternary nitrogens is 1. The van der Waals surface area contributed by atoms with E-state index in [2.05, 4.69) is 31.2 Å². The molecule has 0 radical (unpaired) electrons. The quantitative estimate of drug-likeness (QED) is 0.0524. The van der Waals surface area contributed by atoms with Gasteiger partial charge in [0.05, 0.1) is 21.1 Å². The summed E-state index contributed by atoms with van der Waals surface area (Å²) >= 11 is 0. The van der Waals surface area contributed by atoms with Crippen LogP contribution in [0.4, 0.5) is 0 Å². The van der Waals surface area contributed by atoms with E-state index in [4.69, 9.17) is 0 Å². The van der Waals surface area contributed by atoms with Crippen molar-refractivity contribution in [2.45, 2.75) is 134 Å². The Kier molecular flexibility index (Phi) is 20.3. The maximum Gasteiger partial charge on any atom is 0.362 e. The second kappa shape index (κ2) is 20.6. The Morgan fingerprint density at radius 2 is 0.971 bits per heavy atom. The van der Waals surface area contributed by atoms with Gasteiger partial charge in [0.2, 0.25) is 5.34 Å². The summed E-state index contributed by atoms with van der Waals surface area (Å²) in [5.74, 6) is 0. The standard InChI is InChI=1S/C29H58NO4P/c1-5-6-7-8-9-10-11-12-13-14-15-16-17-18-19-20-21-22-23-24-25-26-27-29(31,35(32,33)34)28-30(2,3)4/h10-11,22-23,31H,5-9,12-21,24-28H2,1-4H3,(H-,32,33,34)/p+1/b11-10-,23-22-. The first kappa shape index (κ1) is 34.6. The highest BCUT2D eigenvalue weighted by molar-refractivity contribution is 7.53. The second-order valence-electron chi connectivity index (χ2n) is 11.4. The first-order valence-corrected chi connectivity index (χ1v) is 16.0. The Morgan fingerprint density at radius 1 is 0.629 bits per heavy atom. The van der Waals surface area contributed by atoms with Crippen LogP contribution in [-0.2, 0) is 4.57 Å². The van der Waals surface area contributed by atoms with Crippen molar-refractivity contribution in [2.24, 2.45) is 0 Å². The van der Waals surface area contributed by atoms with Crippen LogP contribution < -0.4 is 0 Å². The van der Waals surface area contributed by atoms with Crippen molar-refractivity contribution >= 4 is 7.60 Å². The predicted octanol–water partition coefficient (Wildman–Crippen LogP) is 8.10. The van der Waals surface area contributed by atoms with Gasteiger partial charge >= 0.3 is 7.60 Å². The zero-order chi connectivity index (χ0) is 26.5. The molecule has 0 saturated carbocycles. The van der Waals surface area contributed by atoms with Crippen LogP contribution in [0.5, 0.6) is 0 Å². The van der Waals surface area contributed by atoms with Gasteiger partial charge in [-0.2, -0.15) is 0 Å². The van der Waals surface area contributed by atoms with Crippen LogP contribution in [0.2, 0.25) is 0 Å². The van der Waals surface area contributed by atoms with Crippen LogP contribution in [0.3, 0.4) is 0 Å². The second-order valence-corrected chi connectivity index (χ2v) is 13.3. The number of aliphatic hydroxyl groups is 1. The zero-order valence-corrected chi connectivity index (χ0v) is 24.5. The fraction of sp³-hybridized carbons (Fsp3) is 0.862. The number of nitrogens with zero attached hydrogens (tertiary/aromatic N) is 1. The van der Waals surface area contributed by atoms with Crippen LogP contribution in [0.15, 0.2) is 24.3 Å². The minimum Gasteiger partial charge on any atom is -0.373 e. The molecule has 0 bridgehead atoms. The molecule has 1 atom stereocenters. The number of unbranched alkanes of at least 4 members (excludes halogenated alkanes) is 15. The maximum atomic E-state index is 11.8. The van der Waals surface area contributed by atoms with Crippen LogP contribution in [0, 0.1) is 0 Å². The Hall–Kier alpha value is -0.450. The van der Waals surface area contributed by atoms with Gasteiger partial charge in [-0.1, -0.05) is 89.0 Å². The van der Waals surface area contributed by atoms with Crippen molar-refractivity contribution in [1.82, 2.24) is 0 Å². The molecule has 3 N–H and O–H groups in total. The third-order valence-corrected chi connectivity index (χ3v) is 7.97. The van der Waals surface area contributed by atoms with Gasteiger partial charge in [0.1, 0.15) is 6.54 Å². The Bertz CT molecular complexity index is 594. The van der Waals surface area contributed by atoms with Crippen molar-refractivity contribution in [3.63, 3.8) is 0 Å². The summed E-state index contributed by atoms with van der Waals surface area (Å²) < 4.78 is 12.1. The van der Waals surface area contributed by atoms with Crippen molar-refractivity contribution in [3.8, 4) is 0 Å². The number of hydrogen-bond donors (Lipinski definition) is 3. The lowest BCUT2D eigenvalue weighted by molar-refractivity contribution is -0.875. The maximum absolute atomic E-state index is 11.8. The molecule has 0 rings (SSSR count). The first-order valence-electron chi connectivity index (χ1n) is 14.4. The summed E-state index contributed by atoms with van der Waals surface area (Å²) in [5, 5.41) is 8.62. The van der Waals surface area contributed by atoms with Gasteiger partial charge in [0, 0.05) is 0 Å². The van der Waals surface area contributed by atoms with Gasteiger partial charge in [-0.05, 0) is 64.2 Å². The normalized spacial score (nSPS) is 14.8. The highest BCUT2D eigenvalue weighted by Crippen LogP contribution is 2.52. The summed E-state index contributed by atoms with van der Waals surface area (Å²) in [7, 11) is 0.938. The highest BCUT2D eigenvalue weighted by Gasteiger charge is 2.48. The van der Waals surface area contributed by atoms with Gasteiger partial charge in [-0.15, -0.1) is 0 Å². The van der Waals surface area contributed by atoms with E-state index in [0.717, 1.165) is 19.3 Å². The van der Waals surface area contributed by atoms with E-state index in [9.17, 15) is 19.5 Å². The predicted molar refractivity (Wildman–Crippen MR) is 152 cm³/mol. The lowest BCUT2D eigenvalue weighted by Crippen LogP contribution is -2.49. The largest absolute Gasteiger partial charge is 0.373 e. The van der Waals surface area contributed by atoms with E-state index in [1.807, 2.05) is 21.1 Å². The molecule has 0 aliphatic rings. The lowest BCUT2D eigenvalue weighted by atomic mass is 10.1. The summed E-state index contributed by atoms with van der Waals surface area (Å²) in [4.78, 5) is 19.2. The Balaban J connectivity index is 3.58. The number of rotatable bonds is 24. The van der Waals surface area contributed by atoms with Crippen molar-refractivity contribution in [1.29, 1.82) is 0 Å². The van der Waals surface area contributed by atoms with Crippen LogP contribution >= 0.6 is 7.60 Å². The molecule has 0 aromatic carbocycles. The number of hydrogen-bond acceptors (Lipinski definition) is 2. The third kappa shape index (κ3) is 21.4. The molecule has 0 aliphatic carbocycles. The molecule has 0 spiro atoms. The average Bonchev–Trinajstić information content (AvgIpc) is 2.75. The zero-order valence-electron chi connectivity index (χ0n) is 23.6. The fourth-order valence-electron chi connectivity index (χ4n) is 4.49. The Labute approximate surface area is 217 Å². The molecule has 0 heterocycles. The summed E-state index contributed by atoms with van der Waals surface area (Å²) in [6.45, 7) is 2.31. The molecule has 5 nitrogen and oxygen atoms in total. The van der Waals surface area contributed by atoms with Gasteiger partial charge in [0.25, 0.3) is 0 Å². The Morgan fingerprint density at radius 3 is 1.31 bits per heavy atom. The van der Waals surface area contributed by atoms with E-state index in [1.165, 1.54) is 89.9 Å². The smallest absolute Gasteiger partial charge is 0.362 e. The van der Waals surface area contributed by atoms with Gasteiger partial charge in [-0.3, -0.25) is 4.57 Å². The van der Waals surface area contributed by atoms with Crippen molar-refractivity contribution in [3.05, 3.63) is 24.3 Å². The van der Waals surface area contributed by atoms with Crippen LogP contribution in [0.1, 0.15) is 129 Å². The van der Waals surface area contributed by atoms with E-state index < -0.39 is 12.9 Å². The van der Waals surface area contributed by atoms with Gasteiger partial charge in [-0.25, -0.2) is 0 Å². The topological polar surface area (TPSA) is 77.8 Å². The molecular formula is C29H59NO4P+. The molecule has 0 amide bonds. The minimum absolute atomic E-state index is 0.0454. The number of likely N-dealkylation sites (N-methyl/N-ethyl adjacent to an activating group) is 1. The molecule has 0 aliphatic heterocycles. The molecule has 0 aromatic rings. The van der Waals surface area contributed by atoms with E-state index in [0.29, 0.717) is 10.9 Å². The van der Waals surface area contributed by atoms with Gasteiger partial charge in [0.15, 0.2) is 0 Å².